The van der Waals surface area contributed by atoms with Gasteiger partial charge in [-0.05, 0) is 24.5 Å². The lowest BCUT2D eigenvalue weighted by atomic mass is 10.1. The third-order valence-electron chi connectivity index (χ3n) is 2.47. The van der Waals surface area contributed by atoms with Crippen LogP contribution in [0.4, 0.5) is 0 Å². The largest absolute Gasteiger partial charge is 0.508 e. The Bertz CT molecular complexity index is 460. The van der Waals surface area contributed by atoms with E-state index in [0.29, 0.717) is 5.92 Å². The van der Waals surface area contributed by atoms with E-state index in [4.69, 9.17) is 0 Å². The Morgan fingerprint density at radius 1 is 1.40 bits per heavy atom. The summed E-state index contributed by atoms with van der Waals surface area (Å²) < 4.78 is 0. The quantitative estimate of drug-likeness (QED) is 0.807. The molecule has 2 aromatic rings. The molecule has 0 fully saturated rings. The van der Waals surface area contributed by atoms with E-state index in [1.54, 1.807) is 12.1 Å². The second-order valence-corrected chi connectivity index (χ2v) is 4.32. The molecule has 0 unspecified atom stereocenters. The smallest absolute Gasteiger partial charge is 0.117 e. The van der Waals surface area contributed by atoms with E-state index in [0.717, 1.165) is 29.7 Å². The van der Waals surface area contributed by atoms with E-state index in [9.17, 15) is 5.11 Å². The summed E-state index contributed by atoms with van der Waals surface area (Å²) in [5, 5.41) is 9.31. The van der Waals surface area contributed by atoms with Gasteiger partial charge in [-0.3, -0.25) is 0 Å². The predicted molar refractivity (Wildman–Crippen MR) is 60.9 cm³/mol. The number of hydrogen-bond donors (Lipinski definition) is 2. The van der Waals surface area contributed by atoms with E-state index in [2.05, 4.69) is 23.8 Å². The average Bonchev–Trinajstić information content (AvgIpc) is 2.56. The molecule has 0 aliphatic carbocycles. The summed E-state index contributed by atoms with van der Waals surface area (Å²) in [6, 6.07) is 5.21. The van der Waals surface area contributed by atoms with Gasteiger partial charge in [0.15, 0.2) is 0 Å². The third kappa shape index (κ3) is 2.29. The van der Waals surface area contributed by atoms with Crippen LogP contribution in [0.15, 0.2) is 18.2 Å². The summed E-state index contributed by atoms with van der Waals surface area (Å²) in [7, 11) is 0. The number of aromatic amines is 1. The number of aromatic hydroxyl groups is 1. The number of H-pyrrole nitrogens is 1. The van der Waals surface area contributed by atoms with Crippen LogP contribution >= 0.6 is 0 Å². The molecule has 0 bridgehead atoms. The third-order valence-corrected chi connectivity index (χ3v) is 2.47. The average molecular weight is 204 g/mol. The van der Waals surface area contributed by atoms with Crippen molar-refractivity contribution in [3.8, 4) is 5.75 Å². The molecule has 15 heavy (non-hydrogen) atoms. The van der Waals surface area contributed by atoms with Crippen LogP contribution < -0.4 is 0 Å². The molecule has 1 heterocycles. The zero-order valence-corrected chi connectivity index (χ0v) is 9.12. The molecule has 2 N–H and O–H groups in total. The first-order chi connectivity index (χ1) is 7.15. The molecule has 0 radical (unpaired) electrons. The zero-order chi connectivity index (χ0) is 10.8. The molecule has 0 amide bonds. The van der Waals surface area contributed by atoms with Crippen LogP contribution in [0, 0.1) is 5.92 Å². The number of phenols is 1. The molecule has 1 aromatic carbocycles. The number of rotatable bonds is 3. The lowest BCUT2D eigenvalue weighted by Gasteiger charge is -2.00. The number of imidazole rings is 1. The highest BCUT2D eigenvalue weighted by Gasteiger charge is 2.04. The topological polar surface area (TPSA) is 48.9 Å². The first-order valence-electron chi connectivity index (χ1n) is 5.33. The Hall–Kier alpha value is -1.51. The molecule has 1 aromatic heterocycles. The molecule has 80 valence electrons. The van der Waals surface area contributed by atoms with Crippen molar-refractivity contribution in [2.24, 2.45) is 5.92 Å². The van der Waals surface area contributed by atoms with Crippen molar-refractivity contribution in [3.05, 3.63) is 24.0 Å². The van der Waals surface area contributed by atoms with Crippen LogP contribution in [0.2, 0.25) is 0 Å². The highest BCUT2D eigenvalue weighted by molar-refractivity contribution is 5.76. The fraction of sp³-hybridized carbons (Fsp3) is 0.417. The molecular weight excluding hydrogens is 188 g/mol. The van der Waals surface area contributed by atoms with Gasteiger partial charge >= 0.3 is 0 Å². The van der Waals surface area contributed by atoms with Crippen molar-refractivity contribution in [1.29, 1.82) is 0 Å². The van der Waals surface area contributed by atoms with Gasteiger partial charge in [-0.2, -0.15) is 0 Å². The maximum atomic E-state index is 9.31. The van der Waals surface area contributed by atoms with Gasteiger partial charge in [-0.1, -0.05) is 13.8 Å². The number of hydrogen-bond acceptors (Lipinski definition) is 2. The van der Waals surface area contributed by atoms with Crippen LogP contribution in [0.25, 0.3) is 11.0 Å². The van der Waals surface area contributed by atoms with E-state index < -0.39 is 0 Å². The first-order valence-corrected chi connectivity index (χ1v) is 5.33. The molecular formula is C12H16N2O. The van der Waals surface area contributed by atoms with Gasteiger partial charge < -0.3 is 10.1 Å². The van der Waals surface area contributed by atoms with Crippen LogP contribution in [-0.4, -0.2) is 15.1 Å². The van der Waals surface area contributed by atoms with Crippen LogP contribution in [-0.2, 0) is 6.42 Å². The van der Waals surface area contributed by atoms with Crippen LogP contribution in [0.1, 0.15) is 26.1 Å². The SMILES string of the molecule is CC(C)CCc1nc2ccc(O)cc2[nH]1. The van der Waals surface area contributed by atoms with Crippen molar-refractivity contribution >= 4 is 11.0 Å². The van der Waals surface area contributed by atoms with Crippen molar-refractivity contribution < 1.29 is 5.11 Å². The monoisotopic (exact) mass is 204 g/mol. The van der Waals surface area contributed by atoms with Gasteiger partial charge in [-0.25, -0.2) is 4.98 Å². The van der Waals surface area contributed by atoms with Crippen LogP contribution in [0.5, 0.6) is 5.75 Å². The fourth-order valence-corrected chi connectivity index (χ4v) is 1.59. The van der Waals surface area contributed by atoms with Crippen molar-refractivity contribution in [3.63, 3.8) is 0 Å². The van der Waals surface area contributed by atoms with Gasteiger partial charge in [0.25, 0.3) is 0 Å². The van der Waals surface area contributed by atoms with Gasteiger partial charge in [0.1, 0.15) is 11.6 Å². The Morgan fingerprint density at radius 3 is 2.93 bits per heavy atom. The summed E-state index contributed by atoms with van der Waals surface area (Å²) in [6.07, 6.45) is 2.10. The number of nitrogens with zero attached hydrogens (tertiary/aromatic N) is 1. The first kappa shape index (κ1) is 10.0. The Morgan fingerprint density at radius 2 is 2.20 bits per heavy atom. The highest BCUT2D eigenvalue weighted by atomic mass is 16.3. The van der Waals surface area contributed by atoms with E-state index in [1.807, 2.05) is 6.07 Å². The second kappa shape index (κ2) is 3.93. The Balaban J connectivity index is 2.23. The van der Waals surface area contributed by atoms with Gasteiger partial charge in [0.2, 0.25) is 0 Å². The summed E-state index contributed by atoms with van der Waals surface area (Å²) in [4.78, 5) is 7.68. The number of phenolic OH excluding ortho intramolecular Hbond substituents is 1. The molecule has 0 saturated carbocycles. The number of aryl methyl sites for hydroxylation is 1. The molecule has 0 aliphatic heterocycles. The summed E-state index contributed by atoms with van der Waals surface area (Å²) in [5.41, 5.74) is 1.83. The van der Waals surface area contributed by atoms with E-state index in [1.165, 1.54) is 0 Å². The normalized spacial score (nSPS) is 11.4. The molecule has 0 aliphatic rings. The molecule has 3 nitrogen and oxygen atoms in total. The minimum atomic E-state index is 0.279. The van der Waals surface area contributed by atoms with Crippen molar-refractivity contribution in [2.75, 3.05) is 0 Å². The Labute approximate surface area is 89.2 Å². The second-order valence-electron chi connectivity index (χ2n) is 4.32. The summed E-state index contributed by atoms with van der Waals surface area (Å²) >= 11 is 0. The molecule has 3 heteroatoms. The summed E-state index contributed by atoms with van der Waals surface area (Å²) in [5.74, 6) is 1.97. The zero-order valence-electron chi connectivity index (χ0n) is 9.12. The van der Waals surface area contributed by atoms with Crippen molar-refractivity contribution in [2.45, 2.75) is 26.7 Å². The number of nitrogens with one attached hydrogen (secondary N) is 1. The maximum absolute atomic E-state index is 9.31. The Kier molecular flexibility index (Phi) is 2.62. The highest BCUT2D eigenvalue weighted by Crippen LogP contribution is 2.18. The molecule has 0 saturated heterocycles. The number of aromatic nitrogens is 2. The number of benzene rings is 1. The van der Waals surface area contributed by atoms with E-state index in [-0.39, 0.29) is 5.75 Å². The number of fused-ring (bicyclic) bond motifs is 1. The lowest BCUT2D eigenvalue weighted by molar-refractivity contribution is 0.476. The lowest BCUT2D eigenvalue weighted by Crippen LogP contribution is -1.93. The molecule has 0 spiro atoms. The fourth-order valence-electron chi connectivity index (χ4n) is 1.59. The standard InChI is InChI=1S/C12H16N2O/c1-8(2)3-6-12-13-10-5-4-9(15)7-11(10)14-12/h4-5,7-8,15H,3,6H2,1-2H3,(H,13,14). The van der Waals surface area contributed by atoms with Gasteiger partial charge in [-0.15, -0.1) is 0 Å². The maximum Gasteiger partial charge on any atom is 0.117 e. The van der Waals surface area contributed by atoms with E-state index >= 15 is 0 Å². The predicted octanol–water partition coefficient (Wildman–Crippen LogP) is 2.86. The van der Waals surface area contributed by atoms with Crippen molar-refractivity contribution in [1.82, 2.24) is 9.97 Å². The summed E-state index contributed by atoms with van der Waals surface area (Å²) in [6.45, 7) is 4.41. The van der Waals surface area contributed by atoms with Gasteiger partial charge in [0.05, 0.1) is 11.0 Å². The van der Waals surface area contributed by atoms with Gasteiger partial charge in [0, 0.05) is 12.5 Å². The van der Waals surface area contributed by atoms with Crippen LogP contribution in [0.3, 0.4) is 0 Å². The molecule has 2 rings (SSSR count). The minimum Gasteiger partial charge on any atom is -0.508 e. The minimum absolute atomic E-state index is 0.279. The molecule has 0 atom stereocenters.